The zero-order chi connectivity index (χ0) is 18.4. The third-order valence-corrected chi connectivity index (χ3v) is 3.92. The summed E-state index contributed by atoms with van der Waals surface area (Å²) in [5.41, 5.74) is -0.804. The number of nitrogens with zero attached hydrogens (tertiary/aromatic N) is 3. The van der Waals surface area contributed by atoms with Crippen LogP contribution in [-0.4, -0.2) is 32.5 Å². The summed E-state index contributed by atoms with van der Waals surface area (Å²) in [4.78, 5) is 34.2. The quantitative estimate of drug-likeness (QED) is 0.464. The van der Waals surface area contributed by atoms with Gasteiger partial charge in [-0.3, -0.25) is 9.59 Å². The number of hydrogen-bond donors (Lipinski definition) is 2. The van der Waals surface area contributed by atoms with E-state index in [0.29, 0.717) is 4.68 Å². The monoisotopic (exact) mass is 366 g/mol. The van der Waals surface area contributed by atoms with Gasteiger partial charge in [-0.1, -0.05) is 23.9 Å². The van der Waals surface area contributed by atoms with E-state index in [0.717, 1.165) is 11.8 Å². The minimum atomic E-state index is -1.33. The van der Waals surface area contributed by atoms with E-state index >= 15 is 0 Å². The predicted molar refractivity (Wildman–Crippen MR) is 85.5 cm³/mol. The smallest absolute Gasteiger partial charge is 0.294 e. The Kier molecular flexibility index (Phi) is 6.06. The maximum absolute atomic E-state index is 13.4. The van der Waals surface area contributed by atoms with Crippen LogP contribution in [0.25, 0.3) is 0 Å². The first-order valence-corrected chi connectivity index (χ1v) is 7.97. The Balaban J connectivity index is 2.00. The van der Waals surface area contributed by atoms with Crippen LogP contribution in [0.5, 0.6) is 0 Å². The highest BCUT2D eigenvalue weighted by atomic mass is 32.2. The average Bonchev–Trinajstić information content (AvgIpc) is 2.57. The molecule has 1 heterocycles. The van der Waals surface area contributed by atoms with Gasteiger partial charge in [-0.15, -0.1) is 10.2 Å². The van der Waals surface area contributed by atoms with Gasteiger partial charge in [0.25, 0.3) is 5.56 Å². The lowest BCUT2D eigenvalue weighted by Crippen LogP contribution is -2.34. The lowest BCUT2D eigenvalue weighted by molar-refractivity contribution is -0.305. The molecule has 0 saturated heterocycles. The molecule has 1 amide bonds. The Morgan fingerprint density at radius 1 is 1.32 bits per heavy atom. The number of halogens is 1. The third-order valence-electron chi connectivity index (χ3n) is 2.97. The number of para-hydroxylation sites is 1. The fraction of sp³-hybridized carbons (Fsp3) is 0.214. The molecule has 0 atom stereocenters. The van der Waals surface area contributed by atoms with Gasteiger partial charge in [0, 0.05) is 12.4 Å². The number of carboxylic acid groups (broad SMARTS) is 1. The van der Waals surface area contributed by atoms with E-state index in [1.54, 1.807) is 6.07 Å². The molecule has 0 unspecified atom stereocenters. The molecule has 0 bridgehead atoms. The van der Waals surface area contributed by atoms with Crippen molar-refractivity contribution in [1.82, 2.24) is 14.9 Å². The van der Waals surface area contributed by atoms with Gasteiger partial charge < -0.3 is 21.1 Å². The average molecular weight is 366 g/mol. The highest BCUT2D eigenvalue weighted by Crippen LogP contribution is 2.15. The van der Waals surface area contributed by atoms with E-state index in [1.807, 2.05) is 0 Å². The summed E-state index contributed by atoms with van der Waals surface area (Å²) in [6, 6.07) is 5.67. The molecule has 9 nitrogen and oxygen atoms in total. The number of carbonyl (C=O) groups is 2. The normalized spacial score (nSPS) is 10.4. The van der Waals surface area contributed by atoms with Crippen molar-refractivity contribution >= 4 is 29.3 Å². The minimum absolute atomic E-state index is 0.0296. The third kappa shape index (κ3) is 5.01. The standard InChI is InChI=1S/C14H14FN5O4S/c15-8-3-1-2-4-9(8)17-11(21)7-25-14-19-18-10(5-6-12(22)23)13(24)20(14)16/h1-4H,5-7,16H2,(H,17,21)(H,22,23)/p-1. The summed E-state index contributed by atoms with van der Waals surface area (Å²) in [5.74, 6) is 2.97. The first-order valence-electron chi connectivity index (χ1n) is 6.99. The Morgan fingerprint density at radius 2 is 2.04 bits per heavy atom. The largest absolute Gasteiger partial charge is 0.550 e. The van der Waals surface area contributed by atoms with Gasteiger partial charge in [-0.05, 0) is 18.6 Å². The minimum Gasteiger partial charge on any atom is -0.550 e. The fourth-order valence-corrected chi connectivity index (χ4v) is 2.43. The maximum Gasteiger partial charge on any atom is 0.294 e. The summed E-state index contributed by atoms with van der Waals surface area (Å²) in [6.45, 7) is 0. The van der Waals surface area contributed by atoms with Crippen molar-refractivity contribution in [3.63, 3.8) is 0 Å². The van der Waals surface area contributed by atoms with Gasteiger partial charge in [-0.25, -0.2) is 4.39 Å². The van der Waals surface area contributed by atoms with Crippen LogP contribution >= 0.6 is 11.8 Å². The Hall–Kier alpha value is -2.95. The maximum atomic E-state index is 13.4. The van der Waals surface area contributed by atoms with E-state index < -0.39 is 23.3 Å². The molecule has 11 heteroatoms. The van der Waals surface area contributed by atoms with Crippen molar-refractivity contribution in [3.05, 3.63) is 46.1 Å². The lowest BCUT2D eigenvalue weighted by atomic mass is 10.2. The van der Waals surface area contributed by atoms with Gasteiger partial charge in [0.15, 0.2) is 0 Å². The first-order chi connectivity index (χ1) is 11.9. The molecular formula is C14H13FN5O4S-. The number of hydrogen-bond acceptors (Lipinski definition) is 8. The molecule has 0 aliphatic rings. The van der Waals surface area contributed by atoms with Crippen molar-refractivity contribution in [1.29, 1.82) is 0 Å². The van der Waals surface area contributed by atoms with Gasteiger partial charge in [0.2, 0.25) is 11.1 Å². The number of benzene rings is 1. The summed E-state index contributed by atoms with van der Waals surface area (Å²) in [6.07, 6.45) is -0.550. The van der Waals surface area contributed by atoms with Crippen LogP contribution in [0.4, 0.5) is 10.1 Å². The van der Waals surface area contributed by atoms with Crippen LogP contribution in [0.3, 0.4) is 0 Å². The van der Waals surface area contributed by atoms with Crippen molar-refractivity contribution in [2.24, 2.45) is 0 Å². The Morgan fingerprint density at radius 3 is 2.72 bits per heavy atom. The van der Waals surface area contributed by atoms with Crippen LogP contribution in [0.2, 0.25) is 0 Å². The first kappa shape index (κ1) is 18.4. The molecular weight excluding hydrogens is 353 g/mol. The number of aliphatic carboxylic acids is 1. The molecule has 2 rings (SSSR count). The number of aromatic nitrogens is 3. The molecule has 0 aliphatic carbocycles. The molecule has 1 aromatic heterocycles. The molecule has 2 aromatic rings. The van der Waals surface area contributed by atoms with E-state index in [9.17, 15) is 23.9 Å². The number of aryl methyl sites for hydroxylation is 1. The molecule has 132 valence electrons. The zero-order valence-corrected chi connectivity index (χ0v) is 13.6. The van der Waals surface area contributed by atoms with Gasteiger partial charge >= 0.3 is 0 Å². The van der Waals surface area contributed by atoms with Crippen molar-refractivity contribution in [2.45, 2.75) is 18.0 Å². The number of nitrogens with two attached hydrogens (primary N) is 1. The predicted octanol–water partition coefficient (Wildman–Crippen LogP) is -1.10. The topological polar surface area (TPSA) is 143 Å². The molecule has 1 aromatic carbocycles. The van der Waals surface area contributed by atoms with Crippen molar-refractivity contribution in [2.75, 3.05) is 16.9 Å². The fourth-order valence-electron chi connectivity index (χ4n) is 1.77. The molecule has 0 spiro atoms. The second-order valence-electron chi connectivity index (χ2n) is 4.79. The number of thioether (sulfide) groups is 1. The second kappa shape index (κ2) is 8.24. The summed E-state index contributed by atoms with van der Waals surface area (Å²) < 4.78 is 14.1. The number of carbonyl (C=O) groups excluding carboxylic acids is 2. The molecule has 0 radical (unpaired) electrons. The zero-order valence-electron chi connectivity index (χ0n) is 12.8. The van der Waals surface area contributed by atoms with E-state index in [2.05, 4.69) is 15.5 Å². The van der Waals surface area contributed by atoms with Crippen molar-refractivity contribution in [3.8, 4) is 0 Å². The molecule has 0 fully saturated rings. The number of carboxylic acids is 1. The molecule has 0 saturated carbocycles. The molecule has 3 N–H and O–H groups in total. The number of nitrogen functional groups attached to an aromatic ring is 1. The Bertz CT molecular complexity index is 857. The van der Waals surface area contributed by atoms with E-state index in [4.69, 9.17) is 5.84 Å². The summed E-state index contributed by atoms with van der Waals surface area (Å²) in [7, 11) is 0. The van der Waals surface area contributed by atoms with E-state index in [1.165, 1.54) is 18.2 Å². The van der Waals surface area contributed by atoms with Crippen LogP contribution in [-0.2, 0) is 16.0 Å². The number of nitrogens with one attached hydrogen (secondary N) is 1. The van der Waals surface area contributed by atoms with Gasteiger partial charge in [-0.2, -0.15) is 4.68 Å². The number of amides is 1. The van der Waals surface area contributed by atoms with Crippen LogP contribution in [0.15, 0.2) is 34.2 Å². The number of rotatable bonds is 7. The molecule has 0 aliphatic heterocycles. The highest BCUT2D eigenvalue weighted by molar-refractivity contribution is 7.99. The lowest BCUT2D eigenvalue weighted by Gasteiger charge is -2.08. The van der Waals surface area contributed by atoms with E-state index in [-0.39, 0.29) is 35.1 Å². The van der Waals surface area contributed by atoms with Crippen LogP contribution in [0.1, 0.15) is 12.1 Å². The summed E-state index contributed by atoms with van der Waals surface area (Å²) in [5, 5.41) is 20.1. The SMILES string of the molecule is Nn1c(SCC(=O)Nc2ccccc2F)nnc(CCC(=O)[O-])c1=O. The van der Waals surface area contributed by atoms with Crippen LogP contribution in [0, 0.1) is 5.82 Å². The van der Waals surface area contributed by atoms with Crippen LogP contribution < -0.4 is 21.8 Å². The molecule has 25 heavy (non-hydrogen) atoms. The highest BCUT2D eigenvalue weighted by Gasteiger charge is 2.13. The Labute approximate surface area is 145 Å². The van der Waals surface area contributed by atoms with Crippen molar-refractivity contribution < 1.29 is 19.1 Å². The number of anilines is 1. The van der Waals surface area contributed by atoms with Gasteiger partial charge in [0.05, 0.1) is 11.4 Å². The summed E-state index contributed by atoms with van der Waals surface area (Å²) >= 11 is 0.829. The second-order valence-corrected chi connectivity index (χ2v) is 5.74. The van der Waals surface area contributed by atoms with Gasteiger partial charge in [0.1, 0.15) is 11.5 Å².